The van der Waals surface area contributed by atoms with Gasteiger partial charge in [0.2, 0.25) is 0 Å². The Hall–Kier alpha value is -1.94. The standard InChI is InChI=1S/C74H144O17P2/c1-6-10-13-16-19-22-25-27-29-32-38-43-48-53-58-72(77)85-64-70(91-74(79)60-55-50-45-40-35-34-36-41-46-51-56-67(5)9-4)66-89-93(82,83)87-62-68(75)61-86-92(80,81)88-65-69(63-84-71(76)57-52-47-42-37-31-24-21-18-15-12-8-3)90-73(78)59-54-49-44-39-33-30-28-26-23-20-17-14-11-7-2/h67-70,75H,6-66H2,1-5H3,(H,80,81)(H,82,83)/t67?,68-,69+,70+/m0/s1. The Kier molecular flexibility index (Phi) is 65.9. The Labute approximate surface area is 568 Å². The highest BCUT2D eigenvalue weighted by Crippen LogP contribution is 2.45. The molecule has 0 heterocycles. The molecule has 0 spiro atoms. The average molecular weight is 1370 g/mol. The summed E-state index contributed by atoms with van der Waals surface area (Å²) in [6.45, 7) is 7.31. The number of phosphoric ester groups is 2. The molecule has 0 aliphatic heterocycles. The number of hydrogen-bond donors (Lipinski definition) is 3. The number of carbonyl (C=O) groups is 4. The molecule has 0 aliphatic rings. The Morgan fingerprint density at radius 2 is 0.516 bits per heavy atom. The SMILES string of the molecule is CCCCCCCCCCCCCCCCC(=O)OC[C@H](COP(=O)(O)OC[C@@H](O)COP(=O)(O)OC[C@@H](COC(=O)CCCCCCCCCCCCC)OC(=O)CCCCCCCCCCCCCCCC)OC(=O)CCCCCCCCCCCCC(C)CC. The number of ether oxygens (including phenoxy) is 4. The number of hydrogen-bond acceptors (Lipinski definition) is 15. The molecular formula is C74H144O17P2. The zero-order valence-corrected chi connectivity index (χ0v) is 62.2. The Morgan fingerprint density at radius 1 is 0.301 bits per heavy atom. The van der Waals surface area contributed by atoms with Crippen LogP contribution in [-0.4, -0.2) is 96.7 Å². The minimum absolute atomic E-state index is 0.107. The van der Waals surface area contributed by atoms with Gasteiger partial charge in [-0.3, -0.25) is 37.3 Å². The first-order valence-electron chi connectivity index (χ1n) is 38.7. The second-order valence-electron chi connectivity index (χ2n) is 26.9. The highest BCUT2D eigenvalue weighted by molar-refractivity contribution is 7.47. The first-order valence-corrected chi connectivity index (χ1v) is 41.7. The monoisotopic (exact) mass is 1370 g/mol. The van der Waals surface area contributed by atoms with Gasteiger partial charge in [0.25, 0.3) is 0 Å². The molecule has 93 heavy (non-hydrogen) atoms. The zero-order valence-electron chi connectivity index (χ0n) is 60.4. The van der Waals surface area contributed by atoms with Crippen molar-refractivity contribution in [3.63, 3.8) is 0 Å². The minimum Gasteiger partial charge on any atom is -0.462 e. The molecule has 0 amide bonds. The van der Waals surface area contributed by atoms with Gasteiger partial charge < -0.3 is 33.8 Å². The van der Waals surface area contributed by atoms with Gasteiger partial charge in [0.15, 0.2) is 12.2 Å². The molecule has 552 valence electrons. The summed E-state index contributed by atoms with van der Waals surface area (Å²) in [6, 6.07) is 0. The number of phosphoric acid groups is 2. The first-order chi connectivity index (χ1) is 45.1. The zero-order chi connectivity index (χ0) is 68.4. The van der Waals surface area contributed by atoms with Gasteiger partial charge in [-0.15, -0.1) is 0 Å². The van der Waals surface area contributed by atoms with Crippen LogP contribution in [0.1, 0.15) is 388 Å². The van der Waals surface area contributed by atoms with Gasteiger partial charge in [0.05, 0.1) is 26.4 Å². The third-order valence-electron chi connectivity index (χ3n) is 17.6. The second kappa shape index (κ2) is 67.3. The van der Waals surface area contributed by atoms with Crippen LogP contribution in [-0.2, 0) is 65.4 Å². The van der Waals surface area contributed by atoms with Crippen molar-refractivity contribution >= 4 is 39.5 Å². The van der Waals surface area contributed by atoms with Crippen LogP contribution in [0.2, 0.25) is 0 Å². The maximum Gasteiger partial charge on any atom is 0.472 e. The fourth-order valence-electron chi connectivity index (χ4n) is 11.3. The molecule has 0 bridgehead atoms. The van der Waals surface area contributed by atoms with E-state index >= 15 is 0 Å². The van der Waals surface area contributed by atoms with Gasteiger partial charge >= 0.3 is 39.5 Å². The summed E-state index contributed by atoms with van der Waals surface area (Å²) >= 11 is 0. The van der Waals surface area contributed by atoms with Crippen LogP contribution < -0.4 is 0 Å². The molecule has 0 aromatic heterocycles. The molecule has 19 heteroatoms. The van der Waals surface area contributed by atoms with Crippen molar-refractivity contribution in [3.8, 4) is 0 Å². The lowest BCUT2D eigenvalue weighted by molar-refractivity contribution is -0.161. The van der Waals surface area contributed by atoms with Gasteiger partial charge in [0.1, 0.15) is 19.3 Å². The molecule has 3 N–H and O–H groups in total. The molecule has 0 aromatic rings. The summed E-state index contributed by atoms with van der Waals surface area (Å²) in [5.41, 5.74) is 0. The molecule has 0 saturated heterocycles. The van der Waals surface area contributed by atoms with Crippen molar-refractivity contribution in [3.05, 3.63) is 0 Å². The molecule has 0 saturated carbocycles. The van der Waals surface area contributed by atoms with Crippen LogP contribution in [0.15, 0.2) is 0 Å². The molecule has 6 atom stereocenters. The molecule has 0 aliphatic carbocycles. The molecule has 0 fully saturated rings. The summed E-state index contributed by atoms with van der Waals surface area (Å²) in [4.78, 5) is 72.8. The quantitative estimate of drug-likeness (QED) is 0.0222. The summed E-state index contributed by atoms with van der Waals surface area (Å²) in [5.74, 6) is -1.31. The van der Waals surface area contributed by atoms with Gasteiger partial charge in [-0.05, 0) is 31.6 Å². The lowest BCUT2D eigenvalue weighted by atomic mass is 9.99. The van der Waals surface area contributed by atoms with E-state index < -0.39 is 97.5 Å². The molecule has 0 aromatic carbocycles. The van der Waals surface area contributed by atoms with E-state index in [-0.39, 0.29) is 25.7 Å². The van der Waals surface area contributed by atoms with Gasteiger partial charge in [-0.25, -0.2) is 9.13 Å². The van der Waals surface area contributed by atoms with Crippen molar-refractivity contribution < 1.29 is 80.2 Å². The number of esters is 4. The van der Waals surface area contributed by atoms with Crippen molar-refractivity contribution in [1.29, 1.82) is 0 Å². The number of unbranched alkanes of at least 4 members (excludes halogenated alkanes) is 45. The number of aliphatic hydroxyl groups is 1. The van der Waals surface area contributed by atoms with Gasteiger partial charge in [-0.1, -0.05) is 336 Å². The van der Waals surface area contributed by atoms with E-state index in [4.69, 9.17) is 37.0 Å². The van der Waals surface area contributed by atoms with Crippen LogP contribution in [0.25, 0.3) is 0 Å². The summed E-state index contributed by atoms with van der Waals surface area (Å²) in [5, 5.41) is 10.6. The van der Waals surface area contributed by atoms with Gasteiger partial charge in [0, 0.05) is 25.7 Å². The van der Waals surface area contributed by atoms with Crippen LogP contribution in [0.5, 0.6) is 0 Å². The van der Waals surface area contributed by atoms with E-state index in [1.807, 2.05) is 0 Å². The van der Waals surface area contributed by atoms with Crippen LogP contribution in [0.4, 0.5) is 0 Å². The Balaban J connectivity index is 5.26. The summed E-state index contributed by atoms with van der Waals surface area (Å²) in [7, 11) is -9.91. The van der Waals surface area contributed by atoms with Gasteiger partial charge in [-0.2, -0.15) is 0 Å². The molecule has 17 nitrogen and oxygen atoms in total. The van der Waals surface area contributed by atoms with Crippen molar-refractivity contribution in [2.45, 2.75) is 406 Å². The van der Waals surface area contributed by atoms with E-state index in [0.29, 0.717) is 25.7 Å². The van der Waals surface area contributed by atoms with Crippen molar-refractivity contribution in [1.82, 2.24) is 0 Å². The highest BCUT2D eigenvalue weighted by atomic mass is 31.2. The van der Waals surface area contributed by atoms with E-state index in [0.717, 1.165) is 95.8 Å². The average Bonchev–Trinajstić information content (AvgIpc) is 3.41. The summed E-state index contributed by atoms with van der Waals surface area (Å²) in [6.07, 6.45) is 55.2. The summed E-state index contributed by atoms with van der Waals surface area (Å²) < 4.78 is 68.5. The fourth-order valence-corrected chi connectivity index (χ4v) is 12.9. The van der Waals surface area contributed by atoms with E-state index in [9.17, 15) is 43.2 Å². The van der Waals surface area contributed by atoms with Crippen LogP contribution in [0.3, 0.4) is 0 Å². The maximum atomic E-state index is 13.1. The topological polar surface area (TPSA) is 237 Å². The largest absolute Gasteiger partial charge is 0.472 e. The lowest BCUT2D eigenvalue weighted by Crippen LogP contribution is -2.30. The lowest BCUT2D eigenvalue weighted by Gasteiger charge is -2.21. The normalized spacial score (nSPS) is 14.3. The molecule has 0 radical (unpaired) electrons. The maximum absolute atomic E-state index is 13.1. The van der Waals surface area contributed by atoms with Crippen LogP contribution >= 0.6 is 15.6 Å². The predicted octanol–water partition coefficient (Wildman–Crippen LogP) is 21.7. The Morgan fingerprint density at radius 3 is 0.763 bits per heavy atom. The van der Waals surface area contributed by atoms with Crippen LogP contribution in [0, 0.1) is 5.92 Å². The molecular weight excluding hydrogens is 1220 g/mol. The van der Waals surface area contributed by atoms with E-state index in [1.54, 1.807) is 0 Å². The first kappa shape index (κ1) is 91.1. The smallest absolute Gasteiger partial charge is 0.462 e. The molecule has 3 unspecified atom stereocenters. The number of aliphatic hydroxyl groups excluding tert-OH is 1. The van der Waals surface area contributed by atoms with Crippen molar-refractivity contribution in [2.75, 3.05) is 39.6 Å². The fraction of sp³-hybridized carbons (Fsp3) is 0.946. The van der Waals surface area contributed by atoms with E-state index in [1.165, 1.54) is 212 Å². The third-order valence-corrected chi connectivity index (χ3v) is 19.5. The number of carbonyl (C=O) groups excluding carboxylic acids is 4. The Bertz CT molecular complexity index is 1790. The second-order valence-corrected chi connectivity index (χ2v) is 29.8. The molecule has 0 rings (SSSR count). The minimum atomic E-state index is -4.95. The highest BCUT2D eigenvalue weighted by Gasteiger charge is 2.30. The predicted molar refractivity (Wildman–Crippen MR) is 377 cm³/mol. The third kappa shape index (κ3) is 67.0. The van der Waals surface area contributed by atoms with Crippen molar-refractivity contribution in [2.24, 2.45) is 5.92 Å². The van der Waals surface area contributed by atoms with E-state index in [2.05, 4.69) is 34.6 Å². The number of rotatable bonds is 74.